The minimum absolute atomic E-state index is 0.0424. The molecule has 1 amide bonds. The van der Waals surface area contributed by atoms with Crippen molar-refractivity contribution in [3.05, 3.63) is 29.8 Å². The van der Waals surface area contributed by atoms with Crippen LogP contribution < -0.4 is 5.32 Å². The Morgan fingerprint density at radius 2 is 2.14 bits per heavy atom. The monoisotopic (exact) mass is 191 g/mol. The lowest BCUT2D eigenvalue weighted by Crippen LogP contribution is -2.25. The number of phenols is 1. The summed E-state index contributed by atoms with van der Waals surface area (Å²) in [7, 11) is 0. The van der Waals surface area contributed by atoms with Gasteiger partial charge in [0.2, 0.25) is 0 Å². The van der Waals surface area contributed by atoms with E-state index in [4.69, 9.17) is 0 Å². The fraction of sp³-hybridized carbons (Fsp3) is 0.364. The number of hydrogen-bond donors (Lipinski definition) is 2. The van der Waals surface area contributed by atoms with Gasteiger partial charge in [0, 0.05) is 6.54 Å². The van der Waals surface area contributed by atoms with E-state index in [0.29, 0.717) is 11.5 Å². The van der Waals surface area contributed by atoms with E-state index in [9.17, 15) is 9.90 Å². The van der Waals surface area contributed by atoms with Crippen molar-refractivity contribution in [1.29, 1.82) is 0 Å². The summed E-state index contributed by atoms with van der Waals surface area (Å²) in [4.78, 5) is 11.5. The third kappa shape index (κ3) is 2.05. The van der Waals surface area contributed by atoms with Gasteiger partial charge in [-0.05, 0) is 30.9 Å². The van der Waals surface area contributed by atoms with Crippen LogP contribution in [-0.2, 0) is 0 Å². The molecule has 1 aliphatic carbocycles. The Kier molecular flexibility index (Phi) is 2.39. The molecule has 0 heterocycles. The first-order chi connectivity index (χ1) is 6.77. The van der Waals surface area contributed by atoms with Gasteiger partial charge in [0.25, 0.3) is 5.91 Å². The van der Waals surface area contributed by atoms with Gasteiger partial charge in [-0.1, -0.05) is 12.1 Å². The molecule has 0 radical (unpaired) electrons. The normalized spacial score (nSPS) is 15.1. The highest BCUT2D eigenvalue weighted by molar-refractivity contribution is 5.96. The third-order valence-electron chi connectivity index (χ3n) is 2.40. The highest BCUT2D eigenvalue weighted by atomic mass is 16.3. The zero-order chi connectivity index (χ0) is 9.97. The summed E-state index contributed by atoms with van der Waals surface area (Å²) in [5.41, 5.74) is 0.355. The Labute approximate surface area is 82.8 Å². The van der Waals surface area contributed by atoms with E-state index in [1.54, 1.807) is 18.2 Å². The molecule has 0 aliphatic heterocycles. The third-order valence-corrected chi connectivity index (χ3v) is 2.40. The van der Waals surface area contributed by atoms with Gasteiger partial charge in [0.05, 0.1) is 5.56 Å². The topological polar surface area (TPSA) is 49.3 Å². The molecular formula is C11H13NO2. The molecular weight excluding hydrogens is 178 g/mol. The van der Waals surface area contributed by atoms with Gasteiger partial charge in [0.1, 0.15) is 5.75 Å². The molecule has 1 fully saturated rings. The highest BCUT2D eigenvalue weighted by Gasteiger charge is 2.22. The Hall–Kier alpha value is -1.51. The second-order valence-corrected chi connectivity index (χ2v) is 3.67. The smallest absolute Gasteiger partial charge is 0.255 e. The molecule has 1 aliphatic rings. The predicted molar refractivity (Wildman–Crippen MR) is 53.2 cm³/mol. The number of nitrogens with one attached hydrogen (secondary N) is 1. The van der Waals surface area contributed by atoms with Crippen LogP contribution in [0.4, 0.5) is 0 Å². The number of benzene rings is 1. The lowest BCUT2D eigenvalue weighted by molar-refractivity contribution is 0.0949. The number of phenolic OH excluding ortho intramolecular Hbond substituents is 1. The Morgan fingerprint density at radius 1 is 1.43 bits per heavy atom. The quantitative estimate of drug-likeness (QED) is 0.761. The van der Waals surface area contributed by atoms with Gasteiger partial charge in [-0.3, -0.25) is 4.79 Å². The molecule has 74 valence electrons. The highest BCUT2D eigenvalue weighted by Crippen LogP contribution is 2.27. The number of aromatic hydroxyl groups is 1. The van der Waals surface area contributed by atoms with Crippen LogP contribution in [0.3, 0.4) is 0 Å². The van der Waals surface area contributed by atoms with Gasteiger partial charge >= 0.3 is 0 Å². The molecule has 0 atom stereocenters. The number of carbonyl (C=O) groups excluding carboxylic acids is 1. The number of para-hydroxylation sites is 1. The number of carbonyl (C=O) groups is 1. The van der Waals surface area contributed by atoms with Crippen molar-refractivity contribution in [2.24, 2.45) is 5.92 Å². The van der Waals surface area contributed by atoms with Crippen molar-refractivity contribution in [3.63, 3.8) is 0 Å². The summed E-state index contributed by atoms with van der Waals surface area (Å²) < 4.78 is 0. The number of amides is 1. The average Bonchev–Trinajstić information content (AvgIpc) is 2.98. The Balaban J connectivity index is 1.98. The maximum atomic E-state index is 11.5. The van der Waals surface area contributed by atoms with Crippen LogP contribution in [0.5, 0.6) is 5.75 Å². The standard InChI is InChI=1S/C11H13NO2/c13-10-4-2-1-3-9(10)11(14)12-7-8-5-6-8/h1-4,8,13H,5-7H2,(H,12,14). The maximum Gasteiger partial charge on any atom is 0.255 e. The Morgan fingerprint density at radius 3 is 2.79 bits per heavy atom. The molecule has 1 aromatic carbocycles. The maximum absolute atomic E-state index is 11.5. The fourth-order valence-corrected chi connectivity index (χ4v) is 1.32. The first-order valence-corrected chi connectivity index (χ1v) is 4.83. The van der Waals surface area contributed by atoms with Crippen molar-refractivity contribution in [3.8, 4) is 5.75 Å². The first-order valence-electron chi connectivity index (χ1n) is 4.83. The van der Waals surface area contributed by atoms with Crippen LogP contribution >= 0.6 is 0 Å². The van der Waals surface area contributed by atoms with Crippen LogP contribution in [0.1, 0.15) is 23.2 Å². The van der Waals surface area contributed by atoms with E-state index in [1.165, 1.54) is 18.9 Å². The average molecular weight is 191 g/mol. The predicted octanol–water partition coefficient (Wildman–Crippen LogP) is 1.53. The van der Waals surface area contributed by atoms with Gasteiger partial charge in [-0.15, -0.1) is 0 Å². The zero-order valence-corrected chi connectivity index (χ0v) is 7.86. The SMILES string of the molecule is O=C(NCC1CC1)c1ccccc1O. The van der Waals surface area contributed by atoms with Crippen molar-refractivity contribution < 1.29 is 9.90 Å². The van der Waals surface area contributed by atoms with Gasteiger partial charge in [-0.25, -0.2) is 0 Å². The molecule has 0 saturated heterocycles. The molecule has 0 bridgehead atoms. The van der Waals surface area contributed by atoms with Gasteiger partial charge < -0.3 is 10.4 Å². The van der Waals surface area contributed by atoms with Crippen LogP contribution in [0.25, 0.3) is 0 Å². The molecule has 3 heteroatoms. The summed E-state index contributed by atoms with van der Waals surface area (Å²) in [5, 5.41) is 12.2. The van der Waals surface area contributed by atoms with Gasteiger partial charge in [-0.2, -0.15) is 0 Å². The van der Waals surface area contributed by atoms with Crippen molar-refractivity contribution in [2.75, 3.05) is 6.54 Å². The fourth-order valence-electron chi connectivity index (χ4n) is 1.32. The number of hydrogen-bond acceptors (Lipinski definition) is 2. The second-order valence-electron chi connectivity index (χ2n) is 3.67. The van der Waals surface area contributed by atoms with E-state index in [-0.39, 0.29) is 11.7 Å². The molecule has 0 aromatic heterocycles. The largest absolute Gasteiger partial charge is 0.507 e. The van der Waals surface area contributed by atoms with Crippen LogP contribution in [0.15, 0.2) is 24.3 Å². The Bertz CT molecular complexity index is 345. The first kappa shape index (κ1) is 9.06. The summed E-state index contributed by atoms with van der Waals surface area (Å²) in [6.45, 7) is 0.729. The number of rotatable bonds is 3. The molecule has 0 unspecified atom stereocenters. The molecule has 0 spiro atoms. The van der Waals surface area contributed by atoms with E-state index in [0.717, 1.165) is 6.54 Å². The van der Waals surface area contributed by atoms with Gasteiger partial charge in [0.15, 0.2) is 0 Å². The molecule has 2 rings (SSSR count). The van der Waals surface area contributed by atoms with Crippen LogP contribution in [0.2, 0.25) is 0 Å². The van der Waals surface area contributed by atoms with E-state index >= 15 is 0 Å². The van der Waals surface area contributed by atoms with Crippen molar-refractivity contribution in [1.82, 2.24) is 5.32 Å². The van der Waals surface area contributed by atoms with Crippen LogP contribution in [-0.4, -0.2) is 17.6 Å². The molecule has 3 nitrogen and oxygen atoms in total. The minimum Gasteiger partial charge on any atom is -0.507 e. The van der Waals surface area contributed by atoms with E-state index < -0.39 is 0 Å². The lowest BCUT2D eigenvalue weighted by Gasteiger charge is -2.05. The molecule has 2 N–H and O–H groups in total. The zero-order valence-electron chi connectivity index (χ0n) is 7.86. The lowest BCUT2D eigenvalue weighted by atomic mass is 10.2. The molecule has 14 heavy (non-hydrogen) atoms. The minimum atomic E-state index is -0.185. The van der Waals surface area contributed by atoms with Crippen molar-refractivity contribution >= 4 is 5.91 Å². The summed E-state index contributed by atoms with van der Waals surface area (Å²) in [6.07, 6.45) is 2.42. The summed E-state index contributed by atoms with van der Waals surface area (Å²) in [5.74, 6) is 0.514. The van der Waals surface area contributed by atoms with E-state index in [2.05, 4.69) is 5.32 Å². The summed E-state index contributed by atoms with van der Waals surface area (Å²) >= 11 is 0. The van der Waals surface area contributed by atoms with Crippen LogP contribution in [0, 0.1) is 5.92 Å². The molecule has 1 aromatic rings. The summed E-state index contributed by atoms with van der Waals surface area (Å²) in [6, 6.07) is 6.59. The second kappa shape index (κ2) is 3.70. The van der Waals surface area contributed by atoms with Crippen molar-refractivity contribution in [2.45, 2.75) is 12.8 Å². The molecule has 1 saturated carbocycles. The van der Waals surface area contributed by atoms with E-state index in [1.807, 2.05) is 0 Å².